The number of hydrogen-bond donors (Lipinski definition) is 0. The minimum absolute atomic E-state index is 0.256. The third-order valence-electron chi connectivity index (χ3n) is 3.57. The zero-order valence-corrected chi connectivity index (χ0v) is 15.3. The van der Waals surface area contributed by atoms with E-state index in [0.29, 0.717) is 19.6 Å². The van der Waals surface area contributed by atoms with Gasteiger partial charge in [0, 0.05) is 25.9 Å². The van der Waals surface area contributed by atoms with Gasteiger partial charge in [0.2, 0.25) is 0 Å². The van der Waals surface area contributed by atoms with Crippen molar-refractivity contribution in [3.05, 3.63) is 48.0 Å². The number of ether oxygens (including phenoxy) is 3. The number of hydrogen-bond acceptors (Lipinski definition) is 5. The summed E-state index contributed by atoms with van der Waals surface area (Å²) in [5, 5.41) is 0. The molecule has 0 saturated carbocycles. The van der Waals surface area contributed by atoms with Gasteiger partial charge < -0.3 is 14.2 Å². The minimum Gasteiger partial charge on any atom is -0.463 e. The first-order valence-corrected chi connectivity index (χ1v) is 8.58. The molecule has 0 saturated heterocycles. The van der Waals surface area contributed by atoms with Crippen LogP contribution in [0.25, 0.3) is 0 Å². The van der Waals surface area contributed by atoms with Crippen molar-refractivity contribution in [2.75, 3.05) is 26.9 Å². The van der Waals surface area contributed by atoms with Gasteiger partial charge in [-0.3, -0.25) is 0 Å². The molecule has 0 aromatic heterocycles. The van der Waals surface area contributed by atoms with Crippen LogP contribution in [-0.2, 0) is 23.8 Å². The number of carbonyl (C=O) groups is 2. The molecule has 1 aromatic carbocycles. The SMILES string of the molecule is COCCC(CCOC(=O)/C=C/C(=O)OCC(C)C)c1ccccc1. The highest BCUT2D eigenvalue weighted by atomic mass is 16.5. The smallest absolute Gasteiger partial charge is 0.331 e. The summed E-state index contributed by atoms with van der Waals surface area (Å²) < 4.78 is 15.3. The molecule has 138 valence electrons. The van der Waals surface area contributed by atoms with Crippen LogP contribution in [0.2, 0.25) is 0 Å². The predicted octanol–water partition coefficient (Wildman–Crippen LogP) is 3.50. The van der Waals surface area contributed by atoms with Crippen LogP contribution in [0.15, 0.2) is 42.5 Å². The van der Waals surface area contributed by atoms with E-state index in [4.69, 9.17) is 14.2 Å². The zero-order valence-electron chi connectivity index (χ0n) is 15.3. The first kappa shape index (κ1) is 20.9. The lowest BCUT2D eigenvalue weighted by Gasteiger charge is -2.16. The zero-order chi connectivity index (χ0) is 18.5. The van der Waals surface area contributed by atoms with E-state index in [-0.39, 0.29) is 18.4 Å². The molecule has 0 radical (unpaired) electrons. The molecule has 0 aliphatic carbocycles. The van der Waals surface area contributed by atoms with Crippen LogP contribution in [0.4, 0.5) is 0 Å². The number of methoxy groups -OCH3 is 1. The molecule has 0 spiro atoms. The molecule has 0 aliphatic heterocycles. The Morgan fingerprint density at radius 2 is 1.56 bits per heavy atom. The average Bonchev–Trinajstić information content (AvgIpc) is 2.61. The summed E-state index contributed by atoms with van der Waals surface area (Å²) in [6, 6.07) is 10.1. The van der Waals surface area contributed by atoms with Gasteiger partial charge in [0.15, 0.2) is 0 Å². The molecule has 0 aliphatic rings. The van der Waals surface area contributed by atoms with E-state index in [1.165, 1.54) is 5.56 Å². The molecule has 25 heavy (non-hydrogen) atoms. The normalized spacial score (nSPS) is 12.3. The van der Waals surface area contributed by atoms with Gasteiger partial charge in [-0.25, -0.2) is 9.59 Å². The van der Waals surface area contributed by atoms with E-state index in [1.807, 2.05) is 32.0 Å². The summed E-state index contributed by atoms with van der Waals surface area (Å²) in [6.07, 6.45) is 3.76. The second kappa shape index (κ2) is 12.3. The largest absolute Gasteiger partial charge is 0.463 e. The Morgan fingerprint density at radius 3 is 2.16 bits per heavy atom. The van der Waals surface area contributed by atoms with Crippen LogP contribution < -0.4 is 0 Å². The molecule has 0 fully saturated rings. The molecule has 0 amide bonds. The highest BCUT2D eigenvalue weighted by molar-refractivity contribution is 5.91. The molecular formula is C20H28O5. The Balaban J connectivity index is 2.39. The Hall–Kier alpha value is -2.14. The lowest BCUT2D eigenvalue weighted by Crippen LogP contribution is -2.11. The molecule has 1 unspecified atom stereocenters. The summed E-state index contributed by atoms with van der Waals surface area (Å²) in [6.45, 7) is 5.15. The van der Waals surface area contributed by atoms with Gasteiger partial charge in [0.1, 0.15) is 0 Å². The van der Waals surface area contributed by atoms with Crippen LogP contribution in [0.5, 0.6) is 0 Å². The summed E-state index contributed by atoms with van der Waals surface area (Å²) in [4.78, 5) is 23.1. The Bertz CT molecular complexity index is 536. The lowest BCUT2D eigenvalue weighted by molar-refractivity contribution is -0.141. The topological polar surface area (TPSA) is 61.8 Å². The molecule has 1 atom stereocenters. The second-order valence-corrected chi connectivity index (χ2v) is 6.20. The van der Waals surface area contributed by atoms with E-state index in [9.17, 15) is 9.59 Å². The molecule has 0 N–H and O–H groups in total. The van der Waals surface area contributed by atoms with Crippen LogP contribution in [0, 0.1) is 5.92 Å². The van der Waals surface area contributed by atoms with Crippen LogP contribution in [0.3, 0.4) is 0 Å². The van der Waals surface area contributed by atoms with Crippen molar-refractivity contribution in [2.24, 2.45) is 5.92 Å². The van der Waals surface area contributed by atoms with E-state index >= 15 is 0 Å². The molecule has 5 nitrogen and oxygen atoms in total. The second-order valence-electron chi connectivity index (χ2n) is 6.20. The lowest BCUT2D eigenvalue weighted by atomic mass is 9.93. The number of carbonyl (C=O) groups excluding carboxylic acids is 2. The van der Waals surface area contributed by atoms with Gasteiger partial charge in [-0.15, -0.1) is 0 Å². The van der Waals surface area contributed by atoms with Gasteiger partial charge in [0.25, 0.3) is 0 Å². The maximum absolute atomic E-state index is 11.7. The Labute approximate surface area is 150 Å². The third kappa shape index (κ3) is 9.67. The summed E-state index contributed by atoms with van der Waals surface area (Å²) >= 11 is 0. The number of esters is 2. The quantitative estimate of drug-likeness (QED) is 0.452. The highest BCUT2D eigenvalue weighted by Gasteiger charge is 2.12. The molecular weight excluding hydrogens is 320 g/mol. The fourth-order valence-electron chi connectivity index (χ4n) is 2.25. The van der Waals surface area contributed by atoms with Crippen LogP contribution >= 0.6 is 0 Å². The predicted molar refractivity (Wildman–Crippen MR) is 96.2 cm³/mol. The van der Waals surface area contributed by atoms with E-state index in [0.717, 1.165) is 18.6 Å². The molecule has 1 rings (SSSR count). The van der Waals surface area contributed by atoms with Crippen LogP contribution in [-0.4, -0.2) is 38.9 Å². The standard InChI is InChI=1S/C20H28O5/c1-16(2)15-25-20(22)10-9-19(21)24-14-12-18(11-13-23-3)17-7-5-4-6-8-17/h4-10,16,18H,11-15H2,1-3H3/b10-9+. The summed E-state index contributed by atoms with van der Waals surface area (Å²) in [5.74, 6) is -0.562. The van der Waals surface area contributed by atoms with E-state index in [2.05, 4.69) is 12.1 Å². The maximum Gasteiger partial charge on any atom is 0.331 e. The summed E-state index contributed by atoms with van der Waals surface area (Å²) in [5.41, 5.74) is 1.20. The molecule has 0 bridgehead atoms. The first-order chi connectivity index (χ1) is 12.0. The number of rotatable bonds is 11. The van der Waals surface area contributed by atoms with Gasteiger partial charge in [-0.05, 0) is 30.2 Å². The molecule has 1 aromatic rings. The van der Waals surface area contributed by atoms with E-state index in [1.54, 1.807) is 7.11 Å². The van der Waals surface area contributed by atoms with Gasteiger partial charge in [-0.2, -0.15) is 0 Å². The Morgan fingerprint density at radius 1 is 0.960 bits per heavy atom. The maximum atomic E-state index is 11.7. The average molecular weight is 348 g/mol. The van der Waals surface area contributed by atoms with Crippen molar-refractivity contribution < 1.29 is 23.8 Å². The van der Waals surface area contributed by atoms with Gasteiger partial charge in [-0.1, -0.05) is 44.2 Å². The van der Waals surface area contributed by atoms with Crippen molar-refractivity contribution in [2.45, 2.75) is 32.6 Å². The fraction of sp³-hybridized carbons (Fsp3) is 0.500. The van der Waals surface area contributed by atoms with Gasteiger partial charge >= 0.3 is 11.9 Å². The van der Waals surface area contributed by atoms with Crippen molar-refractivity contribution in [3.8, 4) is 0 Å². The summed E-state index contributed by atoms with van der Waals surface area (Å²) in [7, 11) is 1.67. The van der Waals surface area contributed by atoms with Crippen molar-refractivity contribution >= 4 is 11.9 Å². The van der Waals surface area contributed by atoms with Gasteiger partial charge in [0.05, 0.1) is 13.2 Å². The molecule has 5 heteroatoms. The van der Waals surface area contributed by atoms with Crippen molar-refractivity contribution in [3.63, 3.8) is 0 Å². The van der Waals surface area contributed by atoms with Crippen LogP contribution in [0.1, 0.15) is 38.2 Å². The van der Waals surface area contributed by atoms with Crippen molar-refractivity contribution in [1.29, 1.82) is 0 Å². The first-order valence-electron chi connectivity index (χ1n) is 8.58. The number of benzene rings is 1. The molecule has 0 heterocycles. The van der Waals surface area contributed by atoms with E-state index < -0.39 is 11.9 Å². The fourth-order valence-corrected chi connectivity index (χ4v) is 2.25. The minimum atomic E-state index is -0.542. The third-order valence-corrected chi connectivity index (χ3v) is 3.57. The monoisotopic (exact) mass is 348 g/mol. The van der Waals surface area contributed by atoms with Crippen molar-refractivity contribution in [1.82, 2.24) is 0 Å². The Kier molecular flexibility index (Phi) is 10.2. The highest BCUT2D eigenvalue weighted by Crippen LogP contribution is 2.23.